The molecule has 3 nitrogen and oxygen atoms in total. The van der Waals surface area contributed by atoms with Gasteiger partial charge in [0.25, 0.3) is 0 Å². The van der Waals surface area contributed by atoms with Gasteiger partial charge in [0.15, 0.2) is 0 Å². The van der Waals surface area contributed by atoms with Crippen LogP contribution in [0.5, 0.6) is 0 Å². The van der Waals surface area contributed by atoms with Crippen molar-refractivity contribution in [2.45, 2.75) is 39.0 Å². The van der Waals surface area contributed by atoms with Crippen LogP contribution in [0.4, 0.5) is 0 Å². The van der Waals surface area contributed by atoms with E-state index in [-0.39, 0.29) is 11.2 Å². The number of carbonyl (C=O) groups is 1. The van der Waals surface area contributed by atoms with E-state index in [0.29, 0.717) is 12.8 Å². The van der Waals surface area contributed by atoms with E-state index in [4.69, 9.17) is 5.53 Å². The summed E-state index contributed by atoms with van der Waals surface area (Å²) in [5.74, 6) is -0.171. The zero-order valence-corrected chi connectivity index (χ0v) is 11.8. The Balaban J connectivity index is 2.54. The Bertz CT molecular complexity index is 501. The van der Waals surface area contributed by atoms with E-state index >= 15 is 0 Å². The molecule has 0 amide bonds. The van der Waals surface area contributed by atoms with Crippen LogP contribution < -0.4 is 0 Å². The van der Waals surface area contributed by atoms with E-state index in [1.54, 1.807) is 0 Å². The van der Waals surface area contributed by atoms with Gasteiger partial charge in [0.05, 0.1) is 0 Å². The van der Waals surface area contributed by atoms with Gasteiger partial charge in [0.2, 0.25) is 5.78 Å². The highest BCUT2D eigenvalue weighted by atomic mass is 16.1. The minimum Gasteiger partial charge on any atom is -0.361 e. The van der Waals surface area contributed by atoms with Gasteiger partial charge in [-0.3, -0.25) is 4.79 Å². The lowest BCUT2D eigenvalue weighted by Crippen LogP contribution is -2.10. The van der Waals surface area contributed by atoms with Crippen molar-refractivity contribution >= 4 is 18.1 Å². The fourth-order valence-corrected chi connectivity index (χ4v) is 1.67. The van der Waals surface area contributed by atoms with Crippen molar-refractivity contribution in [1.29, 1.82) is 0 Å². The lowest BCUT2D eigenvalue weighted by molar-refractivity contribution is -0.116. The molecule has 0 N–H and O–H groups in total. The van der Waals surface area contributed by atoms with Crippen molar-refractivity contribution in [1.82, 2.24) is 0 Å². The smallest absolute Gasteiger partial charge is 0.323 e. The van der Waals surface area contributed by atoms with Gasteiger partial charge in [-0.25, -0.2) is 0 Å². The van der Waals surface area contributed by atoms with Crippen molar-refractivity contribution in [2.24, 2.45) is 0 Å². The molecule has 0 aromatic heterocycles. The zero-order chi connectivity index (χ0) is 14.3. The molecule has 1 rings (SSSR count). The van der Waals surface area contributed by atoms with E-state index in [0.717, 1.165) is 11.8 Å². The monoisotopic (exact) mass is 256 g/mol. The van der Waals surface area contributed by atoms with Crippen LogP contribution in [-0.2, 0) is 10.2 Å². The number of rotatable bonds is 5. The molecule has 1 aromatic rings. The third-order valence-corrected chi connectivity index (χ3v) is 2.85. The zero-order valence-electron chi connectivity index (χ0n) is 11.8. The molecule has 0 saturated carbocycles. The maximum absolute atomic E-state index is 11.1. The van der Waals surface area contributed by atoms with Gasteiger partial charge < -0.3 is 5.53 Å². The number of hydrogen-bond acceptors (Lipinski definition) is 1. The van der Waals surface area contributed by atoms with Crippen LogP contribution in [0.15, 0.2) is 30.3 Å². The second-order valence-corrected chi connectivity index (χ2v) is 5.52. The number of allylic oxidation sites excluding steroid dienone is 1. The van der Waals surface area contributed by atoms with Gasteiger partial charge in [0.1, 0.15) is 0 Å². The maximum Gasteiger partial charge on any atom is 0.323 e. The molecule has 100 valence electrons. The minimum atomic E-state index is -0.171. The first-order valence-corrected chi connectivity index (χ1v) is 6.41. The van der Waals surface area contributed by atoms with Crippen molar-refractivity contribution in [2.75, 3.05) is 0 Å². The average molecular weight is 256 g/mol. The van der Waals surface area contributed by atoms with Gasteiger partial charge >= 0.3 is 6.21 Å². The summed E-state index contributed by atoms with van der Waals surface area (Å²) in [6, 6.07) is 8.41. The van der Waals surface area contributed by atoms with Crippen molar-refractivity contribution in [3.8, 4) is 0 Å². The Kier molecular flexibility index (Phi) is 5.40. The summed E-state index contributed by atoms with van der Waals surface area (Å²) in [5, 5.41) is 0. The average Bonchev–Trinajstić information content (AvgIpc) is 2.34. The normalized spacial score (nSPS) is 11.3. The second kappa shape index (κ2) is 6.81. The molecule has 0 aliphatic carbocycles. The highest BCUT2D eigenvalue weighted by Gasteiger charge is 2.12. The molecule has 3 heteroatoms. The van der Waals surface area contributed by atoms with Gasteiger partial charge in [-0.05, 0) is 23.0 Å². The van der Waals surface area contributed by atoms with Crippen LogP contribution in [0.2, 0.25) is 0 Å². The topological polar surface area (TPSA) is 53.5 Å². The first kappa shape index (κ1) is 15.1. The number of carbonyl (C=O) groups excluding carboxylic acids is 1. The number of ketones is 1. The second-order valence-electron chi connectivity index (χ2n) is 5.52. The Labute approximate surface area is 114 Å². The molecule has 0 fully saturated rings. The molecule has 19 heavy (non-hydrogen) atoms. The number of nitrogens with zero attached hydrogens (tertiary/aromatic N) is 2. The summed E-state index contributed by atoms with van der Waals surface area (Å²) in [5.41, 5.74) is 10.8. The molecule has 1 aromatic carbocycles. The van der Waals surface area contributed by atoms with E-state index in [9.17, 15) is 4.79 Å². The molecule has 0 atom stereocenters. The first-order valence-electron chi connectivity index (χ1n) is 6.41. The quantitative estimate of drug-likeness (QED) is 0.450. The minimum absolute atomic E-state index is 0.165. The predicted octanol–water partition coefficient (Wildman–Crippen LogP) is 3.65. The Morgan fingerprint density at radius 3 is 2.42 bits per heavy atom. The summed E-state index contributed by atoms with van der Waals surface area (Å²) in [6.45, 7) is 6.56. The third kappa shape index (κ3) is 5.45. The van der Waals surface area contributed by atoms with Gasteiger partial charge in [-0.15, -0.1) is 0 Å². The molecule has 0 bridgehead atoms. The van der Waals surface area contributed by atoms with Crippen LogP contribution >= 0.6 is 0 Å². The highest BCUT2D eigenvalue weighted by molar-refractivity contribution is 6.25. The van der Waals surface area contributed by atoms with Gasteiger partial charge in [-0.1, -0.05) is 57.2 Å². The van der Waals surface area contributed by atoms with Crippen molar-refractivity contribution in [3.05, 3.63) is 47.0 Å². The molecule has 0 radical (unpaired) electrons. The number of Topliss-reactive ketones (excluding diaryl/α,β-unsaturated/α-hetero) is 1. The molecule has 0 aliphatic heterocycles. The molecule has 0 saturated heterocycles. The third-order valence-electron chi connectivity index (χ3n) is 2.85. The van der Waals surface area contributed by atoms with Crippen molar-refractivity contribution < 1.29 is 9.58 Å². The first-order chi connectivity index (χ1) is 8.93. The molecule has 0 heterocycles. The van der Waals surface area contributed by atoms with Crippen LogP contribution in [0.1, 0.15) is 44.7 Å². The summed E-state index contributed by atoms with van der Waals surface area (Å²) in [6.07, 6.45) is 5.89. The molecular formula is C16H20N2O. The standard InChI is InChI=1S/C16H20N2O/c1-16(2,3)14-10-8-13(9-11-14)6-4-5-7-15(19)12-18-17/h4,6,8-12H,5,7H2,1-3H3. The Morgan fingerprint density at radius 2 is 1.89 bits per heavy atom. The highest BCUT2D eigenvalue weighted by Crippen LogP contribution is 2.22. The van der Waals surface area contributed by atoms with Gasteiger partial charge in [0, 0.05) is 6.42 Å². The van der Waals surface area contributed by atoms with Crippen molar-refractivity contribution in [3.63, 3.8) is 0 Å². The number of hydrogen-bond donors (Lipinski definition) is 0. The summed E-state index contributed by atoms with van der Waals surface area (Å²) in [7, 11) is 0. The molecular weight excluding hydrogens is 236 g/mol. The molecule has 0 unspecified atom stereocenters. The predicted molar refractivity (Wildman–Crippen MR) is 78.1 cm³/mol. The Morgan fingerprint density at radius 1 is 1.26 bits per heavy atom. The molecule has 0 spiro atoms. The van der Waals surface area contributed by atoms with Gasteiger partial charge in [-0.2, -0.15) is 4.79 Å². The largest absolute Gasteiger partial charge is 0.361 e. The summed E-state index contributed by atoms with van der Waals surface area (Å²) >= 11 is 0. The van der Waals surface area contributed by atoms with Crippen LogP contribution in [0.25, 0.3) is 11.6 Å². The van der Waals surface area contributed by atoms with E-state index in [2.05, 4.69) is 49.8 Å². The van der Waals surface area contributed by atoms with Crippen LogP contribution in [-0.4, -0.2) is 16.8 Å². The fraction of sp³-hybridized carbons (Fsp3) is 0.375. The number of benzene rings is 1. The van der Waals surface area contributed by atoms with Crippen LogP contribution in [0, 0.1) is 0 Å². The lowest BCUT2D eigenvalue weighted by atomic mass is 9.87. The summed E-state index contributed by atoms with van der Waals surface area (Å²) in [4.78, 5) is 13.8. The lowest BCUT2D eigenvalue weighted by Gasteiger charge is -2.18. The van der Waals surface area contributed by atoms with Crippen LogP contribution in [0.3, 0.4) is 0 Å². The van der Waals surface area contributed by atoms with E-state index < -0.39 is 0 Å². The fourth-order valence-electron chi connectivity index (χ4n) is 1.67. The molecule has 0 aliphatic rings. The Hall–Kier alpha value is -1.99. The maximum atomic E-state index is 11.1. The van der Waals surface area contributed by atoms with E-state index in [1.165, 1.54) is 5.56 Å². The SMILES string of the molecule is CC(C)(C)c1ccc(C=CCCC(=O)C=[N+]=[N-])cc1. The van der Waals surface area contributed by atoms with E-state index in [1.807, 2.05) is 12.2 Å². The summed E-state index contributed by atoms with van der Waals surface area (Å²) < 4.78 is 0.